The number of aromatic nitrogens is 4. The number of piperidine rings is 1. The number of hydrogen-bond donors (Lipinski definition) is 1. The second kappa shape index (κ2) is 6.82. The van der Waals surface area contributed by atoms with E-state index in [-0.39, 0.29) is 0 Å². The molecule has 1 aromatic carbocycles. The lowest BCUT2D eigenvalue weighted by Crippen LogP contribution is -2.40. The molecular weight excluding hydrogens is 326 g/mol. The molecule has 4 rings (SSSR count). The number of nitrogens with one attached hydrogen (secondary N) is 1. The predicted octanol–water partition coefficient (Wildman–Crippen LogP) is 2.51. The molecule has 7 nitrogen and oxygen atoms in total. The van der Waals surface area contributed by atoms with E-state index in [0.29, 0.717) is 6.04 Å². The summed E-state index contributed by atoms with van der Waals surface area (Å²) in [5, 5.41) is 3.56. The van der Waals surface area contributed by atoms with Gasteiger partial charge >= 0.3 is 0 Å². The van der Waals surface area contributed by atoms with Gasteiger partial charge in [-0.2, -0.15) is 0 Å². The van der Waals surface area contributed by atoms with Gasteiger partial charge in [0.2, 0.25) is 5.95 Å². The molecule has 0 bridgehead atoms. The van der Waals surface area contributed by atoms with E-state index in [2.05, 4.69) is 50.0 Å². The Morgan fingerprint density at radius 3 is 2.62 bits per heavy atom. The number of anilines is 3. The van der Waals surface area contributed by atoms with Crippen LogP contribution in [0.3, 0.4) is 0 Å². The maximum atomic E-state index is 4.82. The molecule has 1 aliphatic heterocycles. The molecule has 0 saturated carbocycles. The summed E-state index contributed by atoms with van der Waals surface area (Å²) in [6.07, 6.45) is 3.74. The standard InChI is InChI=1S/C19H25N7/c1-24(2)18-12-17(20-13-21-18)22-14-8-10-26(11-9-14)19-23-15-6-4-5-7-16(15)25(19)3/h4-7,12-14H,8-11H2,1-3H3,(H,20,21,22). The summed E-state index contributed by atoms with van der Waals surface area (Å²) in [6.45, 7) is 1.97. The van der Waals surface area contributed by atoms with Crippen molar-refractivity contribution in [1.29, 1.82) is 0 Å². The number of fused-ring (bicyclic) bond motifs is 1. The van der Waals surface area contributed by atoms with Gasteiger partial charge < -0.3 is 19.7 Å². The van der Waals surface area contributed by atoms with Gasteiger partial charge in [-0.3, -0.25) is 0 Å². The van der Waals surface area contributed by atoms with Crippen LogP contribution in [0.2, 0.25) is 0 Å². The van der Waals surface area contributed by atoms with Crippen molar-refractivity contribution in [2.75, 3.05) is 42.3 Å². The van der Waals surface area contributed by atoms with Crippen molar-refractivity contribution in [2.24, 2.45) is 7.05 Å². The van der Waals surface area contributed by atoms with Crippen LogP contribution < -0.4 is 15.1 Å². The number of rotatable bonds is 4. The Balaban J connectivity index is 1.42. The molecule has 0 amide bonds. The minimum Gasteiger partial charge on any atom is -0.367 e. The Labute approximate surface area is 153 Å². The molecule has 1 N–H and O–H groups in total. The van der Waals surface area contributed by atoms with Crippen molar-refractivity contribution >= 4 is 28.6 Å². The van der Waals surface area contributed by atoms with Gasteiger partial charge in [-0.1, -0.05) is 12.1 Å². The van der Waals surface area contributed by atoms with Crippen LogP contribution in [0, 0.1) is 0 Å². The van der Waals surface area contributed by atoms with E-state index in [9.17, 15) is 0 Å². The van der Waals surface area contributed by atoms with Crippen molar-refractivity contribution in [3.05, 3.63) is 36.7 Å². The zero-order valence-corrected chi connectivity index (χ0v) is 15.6. The average molecular weight is 351 g/mol. The Hall–Kier alpha value is -2.83. The molecule has 3 aromatic rings. The molecular formula is C19H25N7. The number of hydrogen-bond acceptors (Lipinski definition) is 6. The molecule has 2 aromatic heterocycles. The Morgan fingerprint density at radius 1 is 1.12 bits per heavy atom. The van der Waals surface area contributed by atoms with Crippen LogP contribution in [0.4, 0.5) is 17.6 Å². The highest BCUT2D eigenvalue weighted by Crippen LogP contribution is 2.25. The minimum atomic E-state index is 0.422. The summed E-state index contributed by atoms with van der Waals surface area (Å²) in [5.41, 5.74) is 2.24. The molecule has 1 saturated heterocycles. The van der Waals surface area contributed by atoms with Gasteiger partial charge in [0.1, 0.15) is 18.0 Å². The van der Waals surface area contributed by atoms with E-state index in [4.69, 9.17) is 4.98 Å². The van der Waals surface area contributed by atoms with Crippen LogP contribution in [0.5, 0.6) is 0 Å². The summed E-state index contributed by atoms with van der Waals surface area (Å²) < 4.78 is 2.19. The zero-order valence-electron chi connectivity index (χ0n) is 15.6. The summed E-state index contributed by atoms with van der Waals surface area (Å²) in [6, 6.07) is 10.7. The van der Waals surface area contributed by atoms with E-state index in [0.717, 1.165) is 49.0 Å². The monoisotopic (exact) mass is 351 g/mol. The number of aryl methyl sites for hydroxylation is 1. The third-order valence-electron chi connectivity index (χ3n) is 5.00. The van der Waals surface area contributed by atoms with Crippen molar-refractivity contribution in [3.63, 3.8) is 0 Å². The van der Waals surface area contributed by atoms with Crippen LogP contribution in [0.15, 0.2) is 36.7 Å². The zero-order chi connectivity index (χ0) is 18.1. The molecule has 0 aliphatic carbocycles. The highest BCUT2D eigenvalue weighted by atomic mass is 15.3. The fraction of sp³-hybridized carbons (Fsp3) is 0.421. The first-order valence-corrected chi connectivity index (χ1v) is 9.04. The Kier molecular flexibility index (Phi) is 4.36. The van der Waals surface area contributed by atoms with Crippen molar-refractivity contribution < 1.29 is 0 Å². The molecule has 26 heavy (non-hydrogen) atoms. The van der Waals surface area contributed by atoms with Crippen LogP contribution >= 0.6 is 0 Å². The lowest BCUT2D eigenvalue weighted by atomic mass is 10.1. The maximum Gasteiger partial charge on any atom is 0.206 e. The minimum absolute atomic E-state index is 0.422. The van der Waals surface area contributed by atoms with Gasteiger partial charge in [0.25, 0.3) is 0 Å². The molecule has 1 fully saturated rings. The Morgan fingerprint density at radius 2 is 1.88 bits per heavy atom. The molecule has 0 atom stereocenters. The van der Waals surface area contributed by atoms with Crippen LogP contribution in [0.1, 0.15) is 12.8 Å². The first-order valence-electron chi connectivity index (χ1n) is 9.04. The van der Waals surface area contributed by atoms with E-state index in [1.54, 1.807) is 6.33 Å². The van der Waals surface area contributed by atoms with Gasteiger partial charge in [0, 0.05) is 46.3 Å². The predicted molar refractivity (Wildman–Crippen MR) is 106 cm³/mol. The number of nitrogens with zero attached hydrogens (tertiary/aromatic N) is 6. The smallest absolute Gasteiger partial charge is 0.206 e. The highest BCUT2D eigenvalue weighted by Gasteiger charge is 2.23. The first kappa shape index (κ1) is 16.6. The van der Waals surface area contributed by atoms with Gasteiger partial charge in [-0.15, -0.1) is 0 Å². The summed E-state index contributed by atoms with van der Waals surface area (Å²) >= 11 is 0. The summed E-state index contributed by atoms with van der Waals surface area (Å²) in [5.74, 6) is 2.87. The van der Waals surface area contributed by atoms with Crippen molar-refractivity contribution in [1.82, 2.24) is 19.5 Å². The third kappa shape index (κ3) is 3.16. The number of benzene rings is 1. The Bertz CT molecular complexity index is 894. The van der Waals surface area contributed by atoms with Crippen LogP contribution in [0.25, 0.3) is 11.0 Å². The quantitative estimate of drug-likeness (QED) is 0.779. The van der Waals surface area contributed by atoms with Gasteiger partial charge in [-0.25, -0.2) is 15.0 Å². The fourth-order valence-corrected chi connectivity index (χ4v) is 3.52. The lowest BCUT2D eigenvalue weighted by Gasteiger charge is -2.33. The second-order valence-electron chi connectivity index (χ2n) is 7.02. The molecule has 7 heteroatoms. The normalized spacial score (nSPS) is 15.4. The molecule has 0 spiro atoms. The molecule has 0 unspecified atom stereocenters. The second-order valence-corrected chi connectivity index (χ2v) is 7.02. The number of para-hydroxylation sites is 2. The molecule has 3 heterocycles. The summed E-state index contributed by atoms with van der Waals surface area (Å²) in [4.78, 5) is 17.8. The largest absolute Gasteiger partial charge is 0.367 e. The third-order valence-corrected chi connectivity index (χ3v) is 5.00. The summed E-state index contributed by atoms with van der Waals surface area (Å²) in [7, 11) is 6.07. The highest BCUT2D eigenvalue weighted by molar-refractivity contribution is 5.78. The maximum absolute atomic E-state index is 4.82. The number of imidazole rings is 1. The topological polar surface area (TPSA) is 62.1 Å². The average Bonchev–Trinajstić information content (AvgIpc) is 3.00. The lowest BCUT2D eigenvalue weighted by molar-refractivity contribution is 0.515. The van der Waals surface area contributed by atoms with Crippen LogP contribution in [-0.2, 0) is 7.05 Å². The van der Waals surface area contributed by atoms with Gasteiger partial charge in [0.05, 0.1) is 11.0 Å². The van der Waals surface area contributed by atoms with Gasteiger partial charge in [0.15, 0.2) is 0 Å². The van der Waals surface area contributed by atoms with E-state index in [1.807, 2.05) is 31.1 Å². The van der Waals surface area contributed by atoms with Crippen molar-refractivity contribution in [2.45, 2.75) is 18.9 Å². The van der Waals surface area contributed by atoms with Gasteiger partial charge in [-0.05, 0) is 25.0 Å². The van der Waals surface area contributed by atoms with E-state index < -0.39 is 0 Å². The first-order chi connectivity index (χ1) is 12.6. The SMILES string of the molecule is CN(C)c1cc(NC2CCN(c3nc4ccccc4n3C)CC2)ncn1. The van der Waals surface area contributed by atoms with Crippen LogP contribution in [-0.4, -0.2) is 52.7 Å². The van der Waals surface area contributed by atoms with E-state index >= 15 is 0 Å². The molecule has 136 valence electrons. The van der Waals surface area contributed by atoms with Crippen molar-refractivity contribution in [3.8, 4) is 0 Å². The molecule has 1 aliphatic rings. The van der Waals surface area contributed by atoms with E-state index in [1.165, 1.54) is 5.52 Å². The molecule has 0 radical (unpaired) electrons. The fourth-order valence-electron chi connectivity index (χ4n) is 3.52.